The SMILES string of the molecule is CC(C)=CCC[C@H](C)N1C[C@@]23C=C[C@@H](O2)[C@@H](C(=O)[O-])[C@@H]3C1=O. The van der Waals surface area contributed by atoms with Gasteiger partial charge in [-0.3, -0.25) is 4.79 Å². The zero-order chi connectivity index (χ0) is 16.1. The van der Waals surface area contributed by atoms with Gasteiger partial charge in [-0.25, -0.2) is 0 Å². The predicted molar refractivity (Wildman–Crippen MR) is 78.6 cm³/mol. The number of hydrogen-bond acceptors (Lipinski definition) is 4. The van der Waals surface area contributed by atoms with Crippen LogP contribution in [-0.2, 0) is 14.3 Å². The van der Waals surface area contributed by atoms with Gasteiger partial charge in [-0.2, -0.15) is 0 Å². The molecule has 5 heteroatoms. The van der Waals surface area contributed by atoms with E-state index in [1.165, 1.54) is 5.57 Å². The number of ether oxygens (including phenoxy) is 1. The van der Waals surface area contributed by atoms with Crippen LogP contribution in [0, 0.1) is 11.8 Å². The van der Waals surface area contributed by atoms with Crippen LogP contribution in [0.4, 0.5) is 0 Å². The standard InChI is InChI=1S/C17H23NO4/c1-10(2)5-4-6-11(3)18-9-17-8-7-12(22-17)13(16(20)21)14(17)15(18)19/h5,7-8,11-14H,4,6,9H2,1-3H3,(H,20,21)/p-1/t11-,12+,13+,14+,17+/m0/s1. The van der Waals surface area contributed by atoms with Crippen LogP contribution in [0.2, 0.25) is 0 Å². The van der Waals surface area contributed by atoms with Gasteiger partial charge < -0.3 is 19.5 Å². The number of carboxylic acids is 1. The van der Waals surface area contributed by atoms with Crippen LogP contribution >= 0.6 is 0 Å². The van der Waals surface area contributed by atoms with E-state index in [1.54, 1.807) is 11.0 Å². The van der Waals surface area contributed by atoms with Crippen molar-refractivity contribution in [2.75, 3.05) is 6.54 Å². The molecule has 0 aromatic heterocycles. The highest BCUT2D eigenvalue weighted by Crippen LogP contribution is 2.52. The molecule has 3 aliphatic heterocycles. The molecule has 3 heterocycles. The largest absolute Gasteiger partial charge is 0.550 e. The van der Waals surface area contributed by atoms with Gasteiger partial charge in [-0.15, -0.1) is 0 Å². The van der Waals surface area contributed by atoms with E-state index in [4.69, 9.17) is 4.74 Å². The minimum atomic E-state index is -1.19. The van der Waals surface area contributed by atoms with E-state index in [-0.39, 0.29) is 11.9 Å². The lowest BCUT2D eigenvalue weighted by atomic mass is 9.77. The Kier molecular flexibility index (Phi) is 3.63. The van der Waals surface area contributed by atoms with E-state index in [1.807, 2.05) is 13.0 Å². The number of amides is 1. The Morgan fingerprint density at radius 2 is 2.32 bits per heavy atom. The first kappa shape index (κ1) is 15.3. The fraction of sp³-hybridized carbons (Fsp3) is 0.647. The first-order valence-electron chi connectivity index (χ1n) is 7.87. The summed E-state index contributed by atoms with van der Waals surface area (Å²) < 4.78 is 5.84. The molecule has 2 bridgehead atoms. The number of carboxylic acid groups (broad SMARTS) is 1. The maximum absolute atomic E-state index is 12.7. The van der Waals surface area contributed by atoms with Crippen molar-refractivity contribution in [3.8, 4) is 0 Å². The Hall–Kier alpha value is -1.62. The summed E-state index contributed by atoms with van der Waals surface area (Å²) in [6.07, 6.45) is 7.06. The van der Waals surface area contributed by atoms with Crippen LogP contribution < -0.4 is 5.11 Å². The summed E-state index contributed by atoms with van der Waals surface area (Å²) in [5.41, 5.74) is 0.509. The van der Waals surface area contributed by atoms with Crippen molar-refractivity contribution < 1.29 is 19.4 Å². The van der Waals surface area contributed by atoms with Gasteiger partial charge in [0, 0.05) is 17.9 Å². The summed E-state index contributed by atoms with van der Waals surface area (Å²) in [6.45, 7) is 6.56. The number of hydrogen-bond donors (Lipinski definition) is 0. The first-order chi connectivity index (χ1) is 10.4. The monoisotopic (exact) mass is 304 g/mol. The molecule has 0 radical (unpaired) electrons. The van der Waals surface area contributed by atoms with Gasteiger partial charge in [-0.1, -0.05) is 23.8 Å². The van der Waals surface area contributed by atoms with E-state index in [9.17, 15) is 14.7 Å². The van der Waals surface area contributed by atoms with Crippen molar-refractivity contribution in [3.05, 3.63) is 23.8 Å². The lowest BCUT2D eigenvalue weighted by molar-refractivity contribution is -0.313. The van der Waals surface area contributed by atoms with Crippen LogP contribution in [0.15, 0.2) is 23.8 Å². The lowest BCUT2D eigenvalue weighted by Crippen LogP contribution is -2.45. The number of likely N-dealkylation sites (tertiary alicyclic amines) is 1. The Labute approximate surface area is 130 Å². The number of nitrogens with zero attached hydrogens (tertiary/aromatic N) is 1. The molecule has 0 saturated carbocycles. The second kappa shape index (κ2) is 5.23. The number of carbonyl (C=O) groups excluding carboxylic acids is 2. The average Bonchev–Trinajstić information content (AvgIpc) is 3.06. The molecule has 5 nitrogen and oxygen atoms in total. The van der Waals surface area contributed by atoms with E-state index in [2.05, 4.69) is 19.9 Å². The Bertz CT molecular complexity index is 563. The molecule has 2 saturated heterocycles. The number of allylic oxidation sites excluding steroid dienone is 2. The van der Waals surface area contributed by atoms with Gasteiger partial charge >= 0.3 is 0 Å². The van der Waals surface area contributed by atoms with E-state index in [0.29, 0.717) is 6.54 Å². The van der Waals surface area contributed by atoms with Crippen LogP contribution in [-0.4, -0.2) is 41.1 Å². The fourth-order valence-corrected chi connectivity index (χ4v) is 3.94. The van der Waals surface area contributed by atoms with E-state index < -0.39 is 29.5 Å². The number of aliphatic carboxylic acids is 1. The molecular weight excluding hydrogens is 282 g/mol. The molecule has 1 spiro atoms. The van der Waals surface area contributed by atoms with Crippen molar-refractivity contribution >= 4 is 11.9 Å². The van der Waals surface area contributed by atoms with Crippen molar-refractivity contribution in [3.63, 3.8) is 0 Å². The maximum atomic E-state index is 12.7. The molecule has 1 amide bonds. The van der Waals surface area contributed by atoms with E-state index in [0.717, 1.165) is 12.8 Å². The van der Waals surface area contributed by atoms with Gasteiger partial charge in [0.05, 0.1) is 18.6 Å². The molecule has 0 N–H and O–H groups in total. The van der Waals surface area contributed by atoms with Crippen LogP contribution in [0.3, 0.4) is 0 Å². The summed E-state index contributed by atoms with van der Waals surface area (Å²) in [7, 11) is 0. The third-order valence-electron chi connectivity index (χ3n) is 5.07. The zero-order valence-corrected chi connectivity index (χ0v) is 13.2. The minimum Gasteiger partial charge on any atom is -0.550 e. The fourth-order valence-electron chi connectivity index (χ4n) is 3.94. The molecule has 0 aromatic carbocycles. The minimum absolute atomic E-state index is 0.0709. The highest BCUT2D eigenvalue weighted by atomic mass is 16.5. The summed E-state index contributed by atoms with van der Waals surface area (Å²) in [4.78, 5) is 25.9. The Balaban J connectivity index is 1.76. The normalized spacial score (nSPS) is 36.6. The van der Waals surface area contributed by atoms with Gasteiger partial charge in [0.25, 0.3) is 0 Å². The topological polar surface area (TPSA) is 69.7 Å². The second-order valence-electron chi connectivity index (χ2n) is 6.89. The zero-order valence-electron chi connectivity index (χ0n) is 13.2. The summed E-state index contributed by atoms with van der Waals surface area (Å²) >= 11 is 0. The van der Waals surface area contributed by atoms with Crippen molar-refractivity contribution in [1.29, 1.82) is 0 Å². The van der Waals surface area contributed by atoms with Gasteiger partial charge in [0.1, 0.15) is 5.60 Å². The highest BCUT2D eigenvalue weighted by molar-refractivity contribution is 5.90. The van der Waals surface area contributed by atoms with Crippen molar-refractivity contribution in [1.82, 2.24) is 4.90 Å². The Morgan fingerprint density at radius 1 is 1.59 bits per heavy atom. The summed E-state index contributed by atoms with van der Waals surface area (Å²) in [5, 5.41) is 11.4. The predicted octanol–water partition coefficient (Wildman–Crippen LogP) is 0.653. The molecule has 5 atom stereocenters. The summed E-state index contributed by atoms with van der Waals surface area (Å²) in [5.74, 6) is -2.77. The lowest BCUT2D eigenvalue weighted by Gasteiger charge is -2.27. The third-order valence-corrected chi connectivity index (χ3v) is 5.07. The average molecular weight is 304 g/mol. The van der Waals surface area contributed by atoms with E-state index >= 15 is 0 Å². The molecule has 22 heavy (non-hydrogen) atoms. The number of rotatable bonds is 5. The van der Waals surface area contributed by atoms with Gasteiger partial charge in [-0.05, 0) is 33.6 Å². The van der Waals surface area contributed by atoms with Crippen molar-refractivity contribution in [2.24, 2.45) is 11.8 Å². The van der Waals surface area contributed by atoms with Crippen LogP contribution in [0.5, 0.6) is 0 Å². The third kappa shape index (κ3) is 2.19. The Morgan fingerprint density at radius 3 is 2.95 bits per heavy atom. The highest BCUT2D eigenvalue weighted by Gasteiger charge is 2.65. The molecule has 2 fully saturated rings. The molecule has 0 unspecified atom stereocenters. The first-order valence-corrected chi connectivity index (χ1v) is 7.87. The molecule has 3 aliphatic rings. The number of fused-ring (bicyclic) bond motifs is 1. The second-order valence-corrected chi connectivity index (χ2v) is 6.89. The quantitative estimate of drug-likeness (QED) is 0.699. The molecule has 120 valence electrons. The molecule has 0 aliphatic carbocycles. The van der Waals surface area contributed by atoms with Gasteiger partial charge in [0.2, 0.25) is 5.91 Å². The molecule has 0 aromatic rings. The van der Waals surface area contributed by atoms with Crippen LogP contribution in [0.1, 0.15) is 33.6 Å². The molecule has 3 rings (SSSR count). The molecular formula is C17H22NO4-. The maximum Gasteiger partial charge on any atom is 0.230 e. The summed E-state index contributed by atoms with van der Waals surface area (Å²) in [6, 6.07) is 0.0709. The van der Waals surface area contributed by atoms with Crippen molar-refractivity contribution in [2.45, 2.75) is 51.4 Å². The smallest absolute Gasteiger partial charge is 0.230 e. The van der Waals surface area contributed by atoms with Gasteiger partial charge in [0.15, 0.2) is 0 Å². The van der Waals surface area contributed by atoms with Crippen LogP contribution in [0.25, 0.3) is 0 Å². The number of carbonyl (C=O) groups is 2.